The van der Waals surface area contributed by atoms with Crippen molar-refractivity contribution < 1.29 is 4.79 Å². The number of nitriles is 1. The molecule has 0 aliphatic rings. The first kappa shape index (κ1) is 21.9. The number of nitrogen functional groups attached to an aromatic ring is 1. The summed E-state index contributed by atoms with van der Waals surface area (Å²) in [6, 6.07) is 14.1. The van der Waals surface area contributed by atoms with E-state index in [1.807, 2.05) is 30.3 Å². The number of para-hydroxylation sites is 1. The van der Waals surface area contributed by atoms with Crippen molar-refractivity contribution in [2.75, 3.05) is 11.1 Å². The largest absolute Gasteiger partial charge is 0.382 e. The van der Waals surface area contributed by atoms with Gasteiger partial charge in [-0.25, -0.2) is 15.0 Å². The Kier molecular flexibility index (Phi) is 6.29. The van der Waals surface area contributed by atoms with Crippen molar-refractivity contribution >= 4 is 40.0 Å². The summed E-state index contributed by atoms with van der Waals surface area (Å²) >= 11 is 6.36. The van der Waals surface area contributed by atoms with Crippen LogP contribution in [0.4, 0.5) is 11.6 Å². The van der Waals surface area contributed by atoms with Crippen LogP contribution < -0.4 is 16.4 Å². The average molecular weight is 459 g/mol. The van der Waals surface area contributed by atoms with Crippen LogP contribution in [0.25, 0.3) is 10.9 Å². The lowest BCUT2D eigenvalue weighted by atomic mass is 10.0. The van der Waals surface area contributed by atoms with Gasteiger partial charge in [0.25, 0.3) is 5.91 Å². The van der Waals surface area contributed by atoms with Crippen molar-refractivity contribution in [1.82, 2.24) is 25.3 Å². The summed E-state index contributed by atoms with van der Waals surface area (Å²) in [6.45, 7) is 2.07. The highest BCUT2D eigenvalue weighted by molar-refractivity contribution is 6.35. The van der Waals surface area contributed by atoms with Crippen molar-refractivity contribution in [2.24, 2.45) is 0 Å². The number of aromatic nitrogens is 4. The number of nitrogens with two attached hydrogens (primary N) is 1. The number of pyridine rings is 2. The Morgan fingerprint density at radius 3 is 2.82 bits per heavy atom. The molecule has 9 nitrogen and oxygen atoms in total. The van der Waals surface area contributed by atoms with E-state index in [-0.39, 0.29) is 29.7 Å². The molecule has 0 bridgehead atoms. The zero-order chi connectivity index (χ0) is 23.4. The molecule has 0 fully saturated rings. The van der Waals surface area contributed by atoms with E-state index in [1.54, 1.807) is 31.3 Å². The Morgan fingerprint density at radius 1 is 1.21 bits per heavy atom. The third kappa shape index (κ3) is 4.66. The zero-order valence-electron chi connectivity index (χ0n) is 17.6. The maximum absolute atomic E-state index is 13.2. The Balaban J connectivity index is 1.72. The van der Waals surface area contributed by atoms with Crippen LogP contribution in [0.3, 0.4) is 0 Å². The highest BCUT2D eigenvalue weighted by atomic mass is 35.5. The zero-order valence-corrected chi connectivity index (χ0v) is 18.3. The van der Waals surface area contributed by atoms with Crippen molar-refractivity contribution in [3.05, 3.63) is 82.5 Å². The molecule has 3 heterocycles. The number of hydrogen-bond acceptors (Lipinski definition) is 8. The Morgan fingerprint density at radius 2 is 2.06 bits per heavy atom. The molecular weight excluding hydrogens is 440 g/mol. The highest BCUT2D eigenvalue weighted by Crippen LogP contribution is 2.29. The van der Waals surface area contributed by atoms with Gasteiger partial charge in [0.05, 0.1) is 40.1 Å². The van der Waals surface area contributed by atoms with Gasteiger partial charge in [0.1, 0.15) is 29.6 Å². The second-order valence-corrected chi connectivity index (χ2v) is 7.60. The molecule has 0 aliphatic carbocycles. The molecule has 0 saturated heterocycles. The number of anilines is 2. The second-order valence-electron chi connectivity index (χ2n) is 7.20. The molecule has 10 heteroatoms. The van der Waals surface area contributed by atoms with Crippen molar-refractivity contribution in [3.63, 3.8) is 0 Å². The van der Waals surface area contributed by atoms with Crippen molar-refractivity contribution in [2.45, 2.75) is 19.5 Å². The first-order valence-corrected chi connectivity index (χ1v) is 10.4. The van der Waals surface area contributed by atoms with E-state index in [9.17, 15) is 10.1 Å². The van der Waals surface area contributed by atoms with E-state index < -0.39 is 6.04 Å². The molecule has 33 heavy (non-hydrogen) atoms. The molecule has 0 spiro atoms. The molecular formula is C23H19ClN8O. The Bertz CT molecular complexity index is 1370. The number of fused-ring (bicyclic) bond motifs is 1. The third-order valence-corrected chi connectivity index (χ3v) is 5.28. The SMILES string of the molecule is C[C@H](Nc1ncnc(N)c1C#N)c1nc2c(Cl)cccc2cc1C(=O)NCc1ccccn1. The Hall–Kier alpha value is -4.29. The molecule has 3 aromatic heterocycles. The van der Waals surface area contributed by atoms with Gasteiger partial charge in [-0.3, -0.25) is 9.78 Å². The molecule has 0 unspecified atom stereocenters. The number of nitrogens with zero attached hydrogens (tertiary/aromatic N) is 5. The summed E-state index contributed by atoms with van der Waals surface area (Å²) < 4.78 is 0. The minimum absolute atomic E-state index is 0.0602. The third-order valence-electron chi connectivity index (χ3n) is 4.98. The van der Waals surface area contributed by atoms with Gasteiger partial charge in [-0.1, -0.05) is 29.8 Å². The second kappa shape index (κ2) is 9.46. The number of carbonyl (C=O) groups excluding carboxylic acids is 1. The number of hydrogen-bond donors (Lipinski definition) is 3. The fourth-order valence-corrected chi connectivity index (χ4v) is 3.57. The molecule has 0 saturated carbocycles. The molecule has 1 amide bonds. The van der Waals surface area contributed by atoms with E-state index in [0.717, 1.165) is 11.1 Å². The van der Waals surface area contributed by atoms with Gasteiger partial charge in [-0.15, -0.1) is 0 Å². The van der Waals surface area contributed by atoms with E-state index in [0.29, 0.717) is 21.8 Å². The number of amides is 1. The summed E-state index contributed by atoms with van der Waals surface area (Å²) in [5.74, 6) is -0.00942. The predicted octanol–water partition coefficient (Wildman–Crippen LogP) is 3.63. The lowest BCUT2D eigenvalue weighted by Crippen LogP contribution is -2.26. The number of halogens is 1. The molecule has 4 aromatic rings. The van der Waals surface area contributed by atoms with Gasteiger partial charge in [0, 0.05) is 11.6 Å². The van der Waals surface area contributed by atoms with Gasteiger partial charge in [-0.2, -0.15) is 5.26 Å². The summed E-state index contributed by atoms with van der Waals surface area (Å²) in [6.07, 6.45) is 2.93. The molecule has 1 atom stereocenters. The molecule has 4 N–H and O–H groups in total. The molecule has 4 rings (SSSR count). The lowest BCUT2D eigenvalue weighted by molar-refractivity contribution is 0.0949. The van der Waals surface area contributed by atoms with Crippen LogP contribution in [0.5, 0.6) is 0 Å². The van der Waals surface area contributed by atoms with E-state index >= 15 is 0 Å². The summed E-state index contributed by atoms with van der Waals surface area (Å²) in [7, 11) is 0. The minimum atomic E-state index is -0.511. The van der Waals surface area contributed by atoms with Crippen LogP contribution in [0.1, 0.15) is 40.3 Å². The molecule has 0 radical (unpaired) electrons. The summed E-state index contributed by atoms with van der Waals surface area (Å²) in [5, 5.41) is 16.6. The van der Waals surface area contributed by atoms with Crippen LogP contribution in [-0.4, -0.2) is 25.8 Å². The molecule has 0 aliphatic heterocycles. The maximum atomic E-state index is 13.2. The molecule has 1 aromatic carbocycles. The first-order chi connectivity index (χ1) is 16.0. The van der Waals surface area contributed by atoms with Crippen LogP contribution in [-0.2, 0) is 6.54 Å². The van der Waals surface area contributed by atoms with Crippen LogP contribution >= 0.6 is 11.6 Å². The lowest BCUT2D eigenvalue weighted by Gasteiger charge is -2.19. The number of nitrogens with one attached hydrogen (secondary N) is 2. The van der Waals surface area contributed by atoms with Crippen LogP contribution in [0, 0.1) is 11.3 Å². The predicted molar refractivity (Wildman–Crippen MR) is 125 cm³/mol. The minimum Gasteiger partial charge on any atom is -0.382 e. The van der Waals surface area contributed by atoms with E-state index in [4.69, 9.17) is 22.3 Å². The van der Waals surface area contributed by atoms with Crippen molar-refractivity contribution in [3.8, 4) is 6.07 Å². The topological polar surface area (TPSA) is 142 Å². The van der Waals surface area contributed by atoms with E-state index in [2.05, 4.69) is 25.6 Å². The normalized spacial score (nSPS) is 11.5. The maximum Gasteiger partial charge on any atom is 0.253 e. The van der Waals surface area contributed by atoms with Crippen LogP contribution in [0.2, 0.25) is 5.02 Å². The van der Waals surface area contributed by atoms with Crippen LogP contribution in [0.15, 0.2) is 55.0 Å². The average Bonchev–Trinajstić information content (AvgIpc) is 2.83. The number of carbonyl (C=O) groups is 1. The quantitative estimate of drug-likeness (QED) is 0.397. The number of rotatable bonds is 6. The first-order valence-electron chi connectivity index (χ1n) is 10.0. The monoisotopic (exact) mass is 458 g/mol. The number of benzene rings is 1. The summed E-state index contributed by atoms with van der Waals surface area (Å²) in [5.41, 5.74) is 8.00. The van der Waals surface area contributed by atoms with Gasteiger partial charge >= 0.3 is 0 Å². The van der Waals surface area contributed by atoms with Crippen molar-refractivity contribution in [1.29, 1.82) is 5.26 Å². The van der Waals surface area contributed by atoms with Gasteiger partial charge in [-0.05, 0) is 31.2 Å². The molecule has 164 valence electrons. The smallest absolute Gasteiger partial charge is 0.253 e. The fraction of sp³-hybridized carbons (Fsp3) is 0.130. The van der Waals surface area contributed by atoms with Gasteiger partial charge in [0.2, 0.25) is 0 Å². The van der Waals surface area contributed by atoms with Gasteiger partial charge < -0.3 is 16.4 Å². The summed E-state index contributed by atoms with van der Waals surface area (Å²) in [4.78, 5) is 30.1. The standard InChI is InChI=1S/C23H19ClN8O/c1-13(31-22-17(10-25)21(26)29-12-30-22)19-16(9-14-5-4-7-18(24)20(14)32-19)23(33)28-11-15-6-2-3-8-27-15/h2-9,12-13H,11H2,1H3,(H,28,33)(H3,26,29,30,31)/t13-/m0/s1. The van der Waals surface area contributed by atoms with E-state index in [1.165, 1.54) is 6.33 Å². The van der Waals surface area contributed by atoms with Gasteiger partial charge in [0.15, 0.2) is 0 Å². The fourth-order valence-electron chi connectivity index (χ4n) is 3.35. The Labute approximate surface area is 194 Å². The highest BCUT2D eigenvalue weighted by Gasteiger charge is 2.22.